The Kier molecular flexibility index (Phi) is 3.92. The predicted molar refractivity (Wildman–Crippen MR) is 82.3 cm³/mol. The summed E-state index contributed by atoms with van der Waals surface area (Å²) in [6.07, 6.45) is 2.95. The van der Waals surface area contributed by atoms with Crippen molar-refractivity contribution in [3.8, 4) is 0 Å². The van der Waals surface area contributed by atoms with Gasteiger partial charge in [0.1, 0.15) is 0 Å². The van der Waals surface area contributed by atoms with Crippen LogP contribution in [0.2, 0.25) is 5.02 Å². The van der Waals surface area contributed by atoms with Crippen LogP contribution in [0.5, 0.6) is 0 Å². The molecule has 0 radical (unpaired) electrons. The Morgan fingerprint density at radius 1 is 1.38 bits per heavy atom. The summed E-state index contributed by atoms with van der Waals surface area (Å²) in [5, 5.41) is 9.67. The first-order valence-corrected chi connectivity index (χ1v) is 9.08. The third-order valence-electron chi connectivity index (χ3n) is 3.32. The van der Waals surface area contributed by atoms with Crippen LogP contribution < -0.4 is 4.72 Å². The van der Waals surface area contributed by atoms with Crippen molar-refractivity contribution in [2.24, 2.45) is 0 Å². The van der Waals surface area contributed by atoms with E-state index in [0.717, 1.165) is 29.8 Å². The molecule has 0 aliphatic heterocycles. The van der Waals surface area contributed by atoms with Gasteiger partial charge in [0.05, 0.1) is 17.2 Å². The molecule has 5 nitrogen and oxygen atoms in total. The van der Waals surface area contributed by atoms with Crippen LogP contribution in [0.25, 0.3) is 0 Å². The molecule has 2 N–H and O–H groups in total. The molecular formula is C13H13ClN2O3S2. The van der Waals surface area contributed by atoms with Gasteiger partial charge >= 0.3 is 0 Å². The lowest BCUT2D eigenvalue weighted by Gasteiger charge is -2.07. The molecule has 1 aromatic heterocycles. The Bertz CT molecular complexity index is 765. The predicted octanol–water partition coefficient (Wildman–Crippen LogP) is 2.58. The molecule has 0 bridgehead atoms. The second-order valence-corrected chi connectivity index (χ2v) is 7.93. The van der Waals surface area contributed by atoms with Crippen LogP contribution in [0, 0.1) is 0 Å². The number of hydrogen-bond donors (Lipinski definition) is 2. The van der Waals surface area contributed by atoms with E-state index in [9.17, 15) is 8.42 Å². The molecule has 0 atom stereocenters. The highest BCUT2D eigenvalue weighted by atomic mass is 35.5. The lowest BCUT2D eigenvalue weighted by molar-refractivity contribution is 0.282. The summed E-state index contributed by atoms with van der Waals surface area (Å²) < 4.78 is 27.1. The number of aromatic nitrogens is 1. The van der Waals surface area contributed by atoms with Crippen molar-refractivity contribution >= 4 is 38.1 Å². The number of rotatable bonds is 4. The molecule has 2 aromatic rings. The zero-order valence-corrected chi connectivity index (χ0v) is 13.4. The minimum Gasteiger partial charge on any atom is -0.392 e. The maximum atomic E-state index is 12.3. The average molecular weight is 345 g/mol. The zero-order chi connectivity index (χ0) is 15.0. The molecule has 1 heterocycles. The molecule has 1 aliphatic carbocycles. The van der Waals surface area contributed by atoms with Gasteiger partial charge in [0.2, 0.25) is 0 Å². The fraction of sp³-hybridized carbons (Fsp3) is 0.308. The number of halogens is 1. The minimum absolute atomic E-state index is 0.0556. The maximum absolute atomic E-state index is 12.3. The van der Waals surface area contributed by atoms with Crippen molar-refractivity contribution in [1.29, 1.82) is 0 Å². The van der Waals surface area contributed by atoms with E-state index in [4.69, 9.17) is 16.7 Å². The van der Waals surface area contributed by atoms with E-state index in [1.165, 1.54) is 29.5 Å². The second kappa shape index (κ2) is 5.57. The third-order valence-corrected chi connectivity index (χ3v) is 6.21. The molecule has 0 fully saturated rings. The van der Waals surface area contributed by atoms with Gasteiger partial charge < -0.3 is 5.11 Å². The van der Waals surface area contributed by atoms with Crippen molar-refractivity contribution < 1.29 is 13.5 Å². The molecule has 8 heteroatoms. The number of fused-ring (bicyclic) bond motifs is 1. The first kappa shape index (κ1) is 14.8. The number of aliphatic hydroxyl groups is 1. The van der Waals surface area contributed by atoms with Gasteiger partial charge in [-0.25, -0.2) is 13.4 Å². The molecule has 0 unspecified atom stereocenters. The van der Waals surface area contributed by atoms with Crippen molar-refractivity contribution in [2.75, 3.05) is 4.72 Å². The van der Waals surface area contributed by atoms with E-state index in [0.29, 0.717) is 10.7 Å². The van der Waals surface area contributed by atoms with Gasteiger partial charge in [-0.05, 0) is 37.0 Å². The van der Waals surface area contributed by atoms with E-state index in [1.54, 1.807) is 0 Å². The molecular weight excluding hydrogens is 332 g/mol. The highest BCUT2D eigenvalue weighted by Crippen LogP contribution is 2.32. The topological polar surface area (TPSA) is 79.3 Å². The molecule has 0 amide bonds. The normalized spacial score (nSPS) is 14.2. The lowest BCUT2D eigenvalue weighted by atomic mass is 10.2. The van der Waals surface area contributed by atoms with E-state index in [-0.39, 0.29) is 16.5 Å². The molecule has 1 aromatic carbocycles. The number of hydrogen-bond acceptors (Lipinski definition) is 5. The summed E-state index contributed by atoms with van der Waals surface area (Å²) >= 11 is 7.32. The van der Waals surface area contributed by atoms with Gasteiger partial charge in [-0.15, -0.1) is 11.3 Å². The van der Waals surface area contributed by atoms with E-state index in [1.807, 2.05) is 0 Å². The third kappa shape index (κ3) is 2.91. The number of aliphatic hydroxyl groups excluding tert-OH is 1. The summed E-state index contributed by atoms with van der Waals surface area (Å²) in [5.74, 6) is 0. The van der Waals surface area contributed by atoms with Crippen molar-refractivity contribution in [1.82, 2.24) is 4.98 Å². The molecule has 0 saturated carbocycles. The van der Waals surface area contributed by atoms with Crippen LogP contribution in [0.4, 0.5) is 5.13 Å². The van der Waals surface area contributed by atoms with Crippen LogP contribution in [-0.2, 0) is 29.5 Å². The fourth-order valence-electron chi connectivity index (χ4n) is 2.23. The van der Waals surface area contributed by atoms with Gasteiger partial charge in [-0.2, -0.15) is 0 Å². The fourth-order valence-corrected chi connectivity index (χ4v) is 4.85. The van der Waals surface area contributed by atoms with Crippen molar-refractivity contribution in [2.45, 2.75) is 30.8 Å². The van der Waals surface area contributed by atoms with Crippen molar-refractivity contribution in [3.05, 3.63) is 39.4 Å². The zero-order valence-electron chi connectivity index (χ0n) is 11.0. The highest BCUT2D eigenvalue weighted by molar-refractivity contribution is 7.93. The molecule has 0 saturated heterocycles. The SMILES string of the molecule is O=S(=O)(Nc1nc2c(s1)CCC2)c1ccc(CO)c(Cl)c1. The van der Waals surface area contributed by atoms with Gasteiger partial charge in [0, 0.05) is 9.90 Å². The summed E-state index contributed by atoms with van der Waals surface area (Å²) in [7, 11) is -3.72. The van der Waals surface area contributed by atoms with Gasteiger partial charge in [0.15, 0.2) is 5.13 Å². The van der Waals surface area contributed by atoms with Crippen LogP contribution in [0.15, 0.2) is 23.1 Å². The number of nitrogens with one attached hydrogen (secondary N) is 1. The summed E-state index contributed by atoms with van der Waals surface area (Å²) in [6, 6.07) is 4.25. The highest BCUT2D eigenvalue weighted by Gasteiger charge is 2.21. The Hall–Kier alpha value is -1.15. The number of sulfonamides is 1. The molecule has 3 rings (SSSR count). The van der Waals surface area contributed by atoms with Crippen LogP contribution >= 0.6 is 22.9 Å². The summed E-state index contributed by atoms with van der Waals surface area (Å²) in [4.78, 5) is 5.52. The van der Waals surface area contributed by atoms with Crippen LogP contribution in [0.3, 0.4) is 0 Å². The molecule has 0 spiro atoms. The summed E-state index contributed by atoms with van der Waals surface area (Å²) in [5.41, 5.74) is 1.48. The summed E-state index contributed by atoms with van der Waals surface area (Å²) in [6.45, 7) is -0.230. The smallest absolute Gasteiger partial charge is 0.263 e. The van der Waals surface area contributed by atoms with Crippen LogP contribution in [-0.4, -0.2) is 18.5 Å². The van der Waals surface area contributed by atoms with Gasteiger partial charge in [0.25, 0.3) is 10.0 Å². The lowest BCUT2D eigenvalue weighted by Crippen LogP contribution is -2.13. The van der Waals surface area contributed by atoms with Crippen LogP contribution in [0.1, 0.15) is 22.6 Å². The Morgan fingerprint density at radius 3 is 2.86 bits per heavy atom. The Balaban J connectivity index is 1.87. The second-order valence-electron chi connectivity index (χ2n) is 4.76. The first-order chi connectivity index (χ1) is 9.99. The monoisotopic (exact) mass is 344 g/mol. The maximum Gasteiger partial charge on any atom is 0.263 e. The van der Waals surface area contributed by atoms with Gasteiger partial charge in [-0.1, -0.05) is 17.7 Å². The number of thiazole rings is 1. The van der Waals surface area contributed by atoms with E-state index < -0.39 is 10.0 Å². The molecule has 112 valence electrons. The first-order valence-electron chi connectivity index (χ1n) is 6.40. The number of benzene rings is 1. The molecule has 21 heavy (non-hydrogen) atoms. The van der Waals surface area contributed by atoms with Crippen molar-refractivity contribution in [3.63, 3.8) is 0 Å². The van der Waals surface area contributed by atoms with Gasteiger partial charge in [-0.3, -0.25) is 4.72 Å². The number of aryl methyl sites for hydroxylation is 2. The number of anilines is 1. The Morgan fingerprint density at radius 2 is 2.19 bits per heavy atom. The molecule has 1 aliphatic rings. The van der Waals surface area contributed by atoms with E-state index >= 15 is 0 Å². The average Bonchev–Trinajstić information content (AvgIpc) is 2.99. The Labute approximate surface area is 131 Å². The standard InChI is InChI=1S/C13H13ClN2O3S2/c14-10-6-9(5-4-8(10)7-17)21(18,19)16-13-15-11-2-1-3-12(11)20-13/h4-6,17H,1-3,7H2,(H,15,16). The van der Waals surface area contributed by atoms with E-state index in [2.05, 4.69) is 9.71 Å². The quantitative estimate of drug-likeness (QED) is 0.893. The largest absolute Gasteiger partial charge is 0.392 e. The number of nitrogens with zero attached hydrogens (tertiary/aromatic N) is 1. The minimum atomic E-state index is -3.72.